The van der Waals surface area contributed by atoms with Crippen LogP contribution in [0.4, 0.5) is 0 Å². The minimum atomic E-state index is -0.336. The summed E-state index contributed by atoms with van der Waals surface area (Å²) in [5.74, 6) is 2.47. The predicted octanol–water partition coefficient (Wildman–Crippen LogP) is 7.31. The van der Waals surface area contributed by atoms with Crippen molar-refractivity contribution in [3.05, 3.63) is 94.4 Å². The molecule has 208 valence electrons. The maximum Gasteiger partial charge on any atom is 0.261 e. The molecular weight excluding hydrogens is 504 g/mol. The number of carbonyl (C=O) groups excluding carboxylic acids is 1. The van der Waals surface area contributed by atoms with Crippen LogP contribution in [0.3, 0.4) is 0 Å². The Bertz CT molecular complexity index is 1660. The fourth-order valence-electron chi connectivity index (χ4n) is 8.81. The molecule has 0 radical (unpaired) electrons. The van der Waals surface area contributed by atoms with E-state index in [9.17, 15) is 10.1 Å². The highest BCUT2D eigenvalue weighted by molar-refractivity contribution is 6.01. The average Bonchev–Trinajstić information content (AvgIpc) is 3.50. The second-order valence-corrected chi connectivity index (χ2v) is 12.9. The zero-order valence-electron chi connectivity index (χ0n) is 24.0. The maximum absolute atomic E-state index is 12.9. The number of fused-ring (bicyclic) bond motifs is 1. The van der Waals surface area contributed by atoms with Crippen LogP contribution in [0.5, 0.6) is 0 Å². The van der Waals surface area contributed by atoms with E-state index in [1.54, 1.807) is 6.08 Å². The quantitative estimate of drug-likeness (QED) is 0.190. The standard InChI is InChI=1S/C36H38N4O/c1-23-13-29(17-30(21-37)35(41)38-12-11-28-22-39-34-6-4-3-5-33(28)34)24(2)40(23)32-9-7-31(8-10-32)36-18-25-14-26(19-36)16-27(15-25)20-36/h3-10,13,17,22,25-27,39H,11-12,14-16,18-20H2,1-2H3,(H,38,41)/b30-17-. The Balaban J connectivity index is 1.06. The Kier molecular flexibility index (Phi) is 6.38. The molecule has 5 nitrogen and oxygen atoms in total. The van der Waals surface area contributed by atoms with Gasteiger partial charge in [0.2, 0.25) is 0 Å². The lowest BCUT2D eigenvalue weighted by molar-refractivity contribution is -0.117. The van der Waals surface area contributed by atoms with E-state index in [-0.39, 0.29) is 11.5 Å². The van der Waals surface area contributed by atoms with Crippen molar-refractivity contribution in [2.24, 2.45) is 17.8 Å². The number of amides is 1. The number of hydrogen-bond donors (Lipinski definition) is 2. The fourth-order valence-corrected chi connectivity index (χ4v) is 8.81. The van der Waals surface area contributed by atoms with E-state index in [4.69, 9.17) is 0 Å². The summed E-state index contributed by atoms with van der Waals surface area (Å²) in [7, 11) is 0. The number of benzene rings is 2. The van der Waals surface area contributed by atoms with E-state index in [1.807, 2.05) is 24.4 Å². The third-order valence-electron chi connectivity index (χ3n) is 10.3. The number of aromatic amines is 1. The van der Waals surface area contributed by atoms with Gasteiger partial charge < -0.3 is 14.9 Å². The van der Waals surface area contributed by atoms with E-state index in [2.05, 4.69) is 71.2 Å². The smallest absolute Gasteiger partial charge is 0.261 e. The van der Waals surface area contributed by atoms with Crippen molar-refractivity contribution >= 4 is 22.9 Å². The molecule has 0 atom stereocenters. The van der Waals surface area contributed by atoms with Crippen molar-refractivity contribution in [1.29, 1.82) is 5.26 Å². The molecule has 8 rings (SSSR count). The van der Waals surface area contributed by atoms with Crippen LogP contribution < -0.4 is 5.32 Å². The van der Waals surface area contributed by atoms with Gasteiger partial charge in [-0.15, -0.1) is 0 Å². The molecule has 1 amide bonds. The lowest BCUT2D eigenvalue weighted by atomic mass is 9.48. The number of para-hydroxylation sites is 1. The average molecular weight is 543 g/mol. The molecule has 5 heteroatoms. The van der Waals surface area contributed by atoms with Crippen LogP contribution >= 0.6 is 0 Å². The van der Waals surface area contributed by atoms with Gasteiger partial charge in [-0.1, -0.05) is 30.3 Å². The van der Waals surface area contributed by atoms with Gasteiger partial charge >= 0.3 is 0 Å². The summed E-state index contributed by atoms with van der Waals surface area (Å²) in [6.45, 7) is 4.62. The number of hydrogen-bond acceptors (Lipinski definition) is 2. The number of H-pyrrole nitrogens is 1. The summed E-state index contributed by atoms with van der Waals surface area (Å²) in [6, 6.07) is 21.6. The molecule has 2 N–H and O–H groups in total. The molecule has 4 saturated carbocycles. The number of rotatable bonds is 7. The second kappa shape index (κ2) is 10.1. The third-order valence-corrected chi connectivity index (χ3v) is 10.3. The maximum atomic E-state index is 12.9. The normalized spacial score (nSPS) is 25.0. The largest absolute Gasteiger partial charge is 0.361 e. The fraction of sp³-hybridized carbons (Fsp3) is 0.389. The SMILES string of the molecule is Cc1cc(/C=C(/C#N)C(=O)NCCc2c[nH]c3ccccc23)c(C)n1-c1ccc(C23CC4CC(CC(C4)C2)C3)cc1. The van der Waals surface area contributed by atoms with Crippen LogP contribution in [0.15, 0.2) is 66.4 Å². The summed E-state index contributed by atoms with van der Waals surface area (Å²) < 4.78 is 2.24. The molecular formula is C36H38N4O. The Hall–Kier alpha value is -4.04. The van der Waals surface area contributed by atoms with Gasteiger partial charge in [0.15, 0.2) is 0 Å². The zero-order valence-corrected chi connectivity index (χ0v) is 24.0. The van der Waals surface area contributed by atoms with E-state index in [0.717, 1.165) is 56.9 Å². The van der Waals surface area contributed by atoms with Gasteiger partial charge in [0, 0.05) is 40.7 Å². The molecule has 0 aliphatic heterocycles. The zero-order chi connectivity index (χ0) is 28.1. The lowest BCUT2D eigenvalue weighted by Gasteiger charge is -2.57. The van der Waals surface area contributed by atoms with Crippen LogP contribution in [-0.2, 0) is 16.6 Å². The van der Waals surface area contributed by atoms with Gasteiger partial charge in [-0.3, -0.25) is 4.79 Å². The van der Waals surface area contributed by atoms with Gasteiger partial charge in [0.25, 0.3) is 5.91 Å². The molecule has 0 saturated heterocycles. The van der Waals surface area contributed by atoms with E-state index >= 15 is 0 Å². The highest BCUT2D eigenvalue weighted by Crippen LogP contribution is 2.60. The Morgan fingerprint density at radius 3 is 2.41 bits per heavy atom. The molecule has 4 fully saturated rings. The van der Waals surface area contributed by atoms with Crippen LogP contribution in [-0.4, -0.2) is 22.0 Å². The highest BCUT2D eigenvalue weighted by Gasteiger charge is 2.51. The van der Waals surface area contributed by atoms with Gasteiger partial charge in [0.1, 0.15) is 11.6 Å². The number of aryl methyl sites for hydroxylation is 1. The van der Waals surface area contributed by atoms with E-state index in [0.29, 0.717) is 18.4 Å². The third kappa shape index (κ3) is 4.60. The summed E-state index contributed by atoms with van der Waals surface area (Å²) >= 11 is 0. The van der Waals surface area contributed by atoms with Crippen molar-refractivity contribution < 1.29 is 4.79 Å². The Morgan fingerprint density at radius 1 is 1.05 bits per heavy atom. The summed E-state index contributed by atoms with van der Waals surface area (Å²) in [6.07, 6.45) is 12.9. The molecule has 41 heavy (non-hydrogen) atoms. The first-order valence-corrected chi connectivity index (χ1v) is 15.2. The lowest BCUT2D eigenvalue weighted by Crippen LogP contribution is -2.48. The summed E-state index contributed by atoms with van der Waals surface area (Å²) in [5.41, 5.74) is 8.44. The van der Waals surface area contributed by atoms with Crippen LogP contribution in [0.1, 0.15) is 66.6 Å². The Morgan fingerprint density at radius 2 is 1.73 bits per heavy atom. The van der Waals surface area contributed by atoms with Gasteiger partial charge in [-0.2, -0.15) is 5.26 Å². The van der Waals surface area contributed by atoms with Crippen molar-refractivity contribution in [2.45, 2.75) is 64.2 Å². The number of aromatic nitrogens is 2. The van der Waals surface area contributed by atoms with Crippen LogP contribution in [0, 0.1) is 42.9 Å². The van der Waals surface area contributed by atoms with E-state index in [1.165, 1.54) is 44.1 Å². The molecule has 4 aliphatic rings. The predicted molar refractivity (Wildman–Crippen MR) is 164 cm³/mol. The molecule has 4 bridgehead atoms. The van der Waals surface area contributed by atoms with Crippen molar-refractivity contribution in [2.75, 3.05) is 6.54 Å². The summed E-state index contributed by atoms with van der Waals surface area (Å²) in [4.78, 5) is 16.2. The second-order valence-electron chi connectivity index (χ2n) is 12.9. The topological polar surface area (TPSA) is 73.6 Å². The molecule has 0 spiro atoms. The van der Waals surface area contributed by atoms with Crippen molar-refractivity contribution in [3.63, 3.8) is 0 Å². The molecule has 2 aromatic carbocycles. The van der Waals surface area contributed by atoms with Crippen LogP contribution in [0.25, 0.3) is 22.7 Å². The molecule has 4 aromatic rings. The molecule has 0 unspecified atom stereocenters. The summed E-state index contributed by atoms with van der Waals surface area (Å²) in [5, 5.41) is 13.9. The van der Waals surface area contributed by atoms with E-state index < -0.39 is 0 Å². The first-order chi connectivity index (χ1) is 19.9. The Labute approximate surface area is 242 Å². The number of nitrogens with zero attached hydrogens (tertiary/aromatic N) is 2. The van der Waals surface area contributed by atoms with Crippen LogP contribution in [0.2, 0.25) is 0 Å². The number of nitrogens with one attached hydrogen (secondary N) is 2. The molecule has 2 aromatic heterocycles. The monoisotopic (exact) mass is 542 g/mol. The van der Waals surface area contributed by atoms with Crippen molar-refractivity contribution in [3.8, 4) is 11.8 Å². The highest BCUT2D eigenvalue weighted by atomic mass is 16.1. The van der Waals surface area contributed by atoms with Crippen molar-refractivity contribution in [1.82, 2.24) is 14.9 Å². The molecule has 2 heterocycles. The number of carbonyl (C=O) groups is 1. The molecule has 4 aliphatic carbocycles. The minimum absolute atomic E-state index is 0.126. The number of nitriles is 1. The first kappa shape index (κ1) is 25.9. The van der Waals surface area contributed by atoms with Gasteiger partial charge in [-0.05, 0) is 129 Å². The van der Waals surface area contributed by atoms with Gasteiger partial charge in [0.05, 0.1) is 0 Å². The minimum Gasteiger partial charge on any atom is -0.361 e. The van der Waals surface area contributed by atoms with Gasteiger partial charge in [-0.25, -0.2) is 0 Å². The first-order valence-electron chi connectivity index (χ1n) is 15.2.